The Hall–Kier alpha value is -4.19. The lowest BCUT2D eigenvalue weighted by atomic mass is 9.67. The average molecular weight is 659 g/mol. The standard InChI is InChI=1S/C36H47FN8O3/c1-4-45(25(2)3)35(47)29-21-27(37)8-9-31(29)48-34-32(39-24-40-42-34)44-18-12-26(23-44)22-43-19-15-36(16-20-43)13-10-28(11-14-36)41-33(46)30-7-5-6-17-38-30/h5-9,17,21,24-26,28H,4,10-16,18-20,22-23H2,1-3H3,(H,41,46)/t26-/m0/s1. The lowest BCUT2D eigenvalue weighted by Gasteiger charge is -2.46. The van der Waals surface area contributed by atoms with Crippen LogP contribution in [0.3, 0.4) is 0 Å². The molecule has 1 atom stereocenters. The maximum Gasteiger partial charge on any atom is 0.282 e. The molecule has 0 unspecified atom stereocenters. The number of benzene rings is 1. The normalized spacial score (nSPS) is 19.9. The molecule has 1 saturated carbocycles. The topological polar surface area (TPSA) is 117 Å². The molecule has 3 fully saturated rings. The summed E-state index contributed by atoms with van der Waals surface area (Å²) in [6.07, 6.45) is 10.9. The fourth-order valence-electron chi connectivity index (χ4n) is 7.68. The van der Waals surface area contributed by atoms with Crippen LogP contribution < -0.4 is 15.0 Å². The van der Waals surface area contributed by atoms with Crippen LogP contribution in [0.2, 0.25) is 0 Å². The van der Waals surface area contributed by atoms with Crippen LogP contribution in [0.15, 0.2) is 48.9 Å². The lowest BCUT2D eigenvalue weighted by molar-refractivity contribution is 0.0510. The quantitative estimate of drug-likeness (QED) is 0.308. The van der Waals surface area contributed by atoms with Crippen molar-refractivity contribution in [1.82, 2.24) is 35.3 Å². The zero-order valence-electron chi connectivity index (χ0n) is 28.3. The summed E-state index contributed by atoms with van der Waals surface area (Å²) in [4.78, 5) is 41.1. The minimum absolute atomic E-state index is 0.0493. The van der Waals surface area contributed by atoms with Crippen molar-refractivity contribution in [3.05, 3.63) is 66.0 Å². The second-order valence-corrected chi connectivity index (χ2v) is 13.9. The molecule has 2 amide bonds. The van der Waals surface area contributed by atoms with Gasteiger partial charge in [0, 0.05) is 44.5 Å². The molecule has 1 aromatic carbocycles. The third-order valence-corrected chi connectivity index (χ3v) is 10.5. The van der Waals surface area contributed by atoms with Crippen molar-refractivity contribution < 1.29 is 18.7 Å². The van der Waals surface area contributed by atoms with Gasteiger partial charge in [-0.1, -0.05) is 6.07 Å². The first-order valence-corrected chi connectivity index (χ1v) is 17.4. The van der Waals surface area contributed by atoms with Gasteiger partial charge in [-0.25, -0.2) is 9.37 Å². The van der Waals surface area contributed by atoms with Gasteiger partial charge >= 0.3 is 0 Å². The molecular weight excluding hydrogens is 611 g/mol. The molecule has 2 aliphatic heterocycles. The monoisotopic (exact) mass is 658 g/mol. The zero-order chi connectivity index (χ0) is 33.7. The molecule has 11 nitrogen and oxygen atoms in total. The molecular formula is C36H47FN8O3. The van der Waals surface area contributed by atoms with E-state index in [9.17, 15) is 14.0 Å². The Morgan fingerprint density at radius 2 is 1.85 bits per heavy atom. The van der Waals surface area contributed by atoms with Crippen molar-refractivity contribution in [1.29, 1.82) is 0 Å². The molecule has 12 heteroatoms. The number of piperidine rings is 1. The molecule has 4 heterocycles. The van der Waals surface area contributed by atoms with E-state index in [1.807, 2.05) is 32.9 Å². The molecule has 0 radical (unpaired) electrons. The van der Waals surface area contributed by atoms with Crippen molar-refractivity contribution >= 4 is 17.6 Å². The molecule has 48 heavy (non-hydrogen) atoms. The highest BCUT2D eigenvalue weighted by Gasteiger charge is 2.39. The number of amides is 2. The van der Waals surface area contributed by atoms with Gasteiger partial charge in [0.1, 0.15) is 23.6 Å². The molecule has 1 spiro atoms. The third-order valence-electron chi connectivity index (χ3n) is 10.5. The van der Waals surface area contributed by atoms with E-state index in [4.69, 9.17) is 4.74 Å². The number of carbonyl (C=O) groups excluding carboxylic acids is 2. The van der Waals surface area contributed by atoms with E-state index in [1.165, 1.54) is 37.4 Å². The van der Waals surface area contributed by atoms with Crippen molar-refractivity contribution in [2.75, 3.05) is 44.2 Å². The molecule has 3 aliphatic rings. The van der Waals surface area contributed by atoms with Crippen LogP contribution in [0.5, 0.6) is 11.6 Å². The second kappa shape index (κ2) is 14.9. The SMILES string of the molecule is CCN(C(=O)c1cc(F)ccc1Oc1nncnc1N1CC[C@@H](CN2CCC3(CCC(NC(=O)c4ccccn4)CC3)CC2)C1)C(C)C. The Morgan fingerprint density at radius 3 is 2.56 bits per heavy atom. The van der Waals surface area contributed by atoms with Crippen molar-refractivity contribution in [2.24, 2.45) is 11.3 Å². The van der Waals surface area contributed by atoms with Gasteiger partial charge in [0.2, 0.25) is 0 Å². The van der Waals surface area contributed by atoms with Crippen LogP contribution in [0.4, 0.5) is 10.2 Å². The number of rotatable bonds is 10. The highest BCUT2D eigenvalue weighted by atomic mass is 19.1. The first kappa shape index (κ1) is 33.7. The van der Waals surface area contributed by atoms with E-state index < -0.39 is 5.82 Å². The maximum atomic E-state index is 14.3. The number of halogens is 1. The molecule has 2 aromatic heterocycles. The predicted octanol–water partition coefficient (Wildman–Crippen LogP) is 5.35. The average Bonchev–Trinajstić information content (AvgIpc) is 3.56. The second-order valence-electron chi connectivity index (χ2n) is 13.9. The van der Waals surface area contributed by atoms with E-state index in [1.54, 1.807) is 17.2 Å². The van der Waals surface area contributed by atoms with Gasteiger partial charge in [0.15, 0.2) is 5.82 Å². The van der Waals surface area contributed by atoms with Gasteiger partial charge in [-0.3, -0.25) is 14.6 Å². The number of aromatic nitrogens is 4. The minimum atomic E-state index is -0.508. The van der Waals surface area contributed by atoms with Crippen LogP contribution in [0.25, 0.3) is 0 Å². The van der Waals surface area contributed by atoms with Gasteiger partial charge in [-0.05, 0) is 120 Å². The summed E-state index contributed by atoms with van der Waals surface area (Å²) in [6, 6.07) is 9.57. The Kier molecular flexibility index (Phi) is 10.5. The van der Waals surface area contributed by atoms with Crippen molar-refractivity contribution in [3.63, 3.8) is 0 Å². The van der Waals surface area contributed by atoms with E-state index in [-0.39, 0.29) is 41.1 Å². The molecule has 256 valence electrons. The maximum absolute atomic E-state index is 14.3. The van der Waals surface area contributed by atoms with E-state index in [0.29, 0.717) is 29.4 Å². The van der Waals surface area contributed by atoms with Gasteiger partial charge < -0.3 is 24.8 Å². The summed E-state index contributed by atoms with van der Waals surface area (Å²) in [5, 5.41) is 11.4. The summed E-state index contributed by atoms with van der Waals surface area (Å²) < 4.78 is 20.5. The molecule has 0 bridgehead atoms. The lowest BCUT2D eigenvalue weighted by Crippen LogP contribution is -2.46. The Morgan fingerprint density at radius 1 is 1.06 bits per heavy atom. The Balaban J connectivity index is 1.01. The van der Waals surface area contributed by atoms with Gasteiger partial charge in [0.05, 0.1) is 5.56 Å². The van der Waals surface area contributed by atoms with E-state index >= 15 is 0 Å². The largest absolute Gasteiger partial charge is 0.434 e. The van der Waals surface area contributed by atoms with Crippen LogP contribution in [-0.4, -0.2) is 93.1 Å². The number of nitrogens with zero attached hydrogens (tertiary/aromatic N) is 7. The third kappa shape index (κ3) is 7.75. The van der Waals surface area contributed by atoms with Crippen LogP contribution in [0, 0.1) is 17.2 Å². The van der Waals surface area contributed by atoms with Gasteiger partial charge in [-0.2, -0.15) is 0 Å². The molecule has 3 aromatic rings. The number of ether oxygens (including phenoxy) is 1. The first-order valence-electron chi connectivity index (χ1n) is 17.4. The number of hydrogen-bond acceptors (Lipinski definition) is 9. The molecule has 6 rings (SSSR count). The Bertz CT molecular complexity index is 1560. The highest BCUT2D eigenvalue weighted by Crippen LogP contribution is 2.45. The first-order chi connectivity index (χ1) is 23.2. The van der Waals surface area contributed by atoms with Crippen LogP contribution in [-0.2, 0) is 0 Å². The van der Waals surface area contributed by atoms with Crippen LogP contribution in [0.1, 0.15) is 86.6 Å². The summed E-state index contributed by atoms with van der Waals surface area (Å²) >= 11 is 0. The zero-order valence-corrected chi connectivity index (χ0v) is 28.3. The minimum Gasteiger partial charge on any atom is -0.434 e. The van der Waals surface area contributed by atoms with Gasteiger partial charge in [-0.15, -0.1) is 10.2 Å². The fourth-order valence-corrected chi connectivity index (χ4v) is 7.68. The summed E-state index contributed by atoms with van der Waals surface area (Å²) in [5.74, 6) is 0.609. The highest BCUT2D eigenvalue weighted by molar-refractivity contribution is 5.97. The summed E-state index contributed by atoms with van der Waals surface area (Å²) in [7, 11) is 0. The van der Waals surface area contributed by atoms with Crippen molar-refractivity contribution in [3.8, 4) is 11.6 Å². The predicted molar refractivity (Wildman–Crippen MR) is 181 cm³/mol. The number of pyridine rings is 1. The number of carbonyl (C=O) groups is 2. The van der Waals surface area contributed by atoms with Crippen molar-refractivity contribution in [2.45, 2.75) is 77.8 Å². The smallest absolute Gasteiger partial charge is 0.282 e. The number of likely N-dealkylation sites (tertiary alicyclic amines) is 1. The summed E-state index contributed by atoms with van der Waals surface area (Å²) in [5.41, 5.74) is 1.01. The molecule has 2 saturated heterocycles. The Labute approximate surface area is 282 Å². The van der Waals surface area contributed by atoms with E-state index in [2.05, 4.69) is 35.3 Å². The molecule has 1 aliphatic carbocycles. The number of anilines is 1. The fraction of sp³-hybridized carbons (Fsp3) is 0.556. The number of nitrogens with one attached hydrogen (secondary N) is 1. The van der Waals surface area contributed by atoms with Crippen LogP contribution >= 0.6 is 0 Å². The molecule has 1 N–H and O–H groups in total. The summed E-state index contributed by atoms with van der Waals surface area (Å²) in [6.45, 7) is 11.1. The van der Waals surface area contributed by atoms with Gasteiger partial charge in [0.25, 0.3) is 17.7 Å². The number of hydrogen-bond donors (Lipinski definition) is 1. The van der Waals surface area contributed by atoms with E-state index in [0.717, 1.165) is 64.8 Å².